The molecule has 1 aromatic heterocycles. The van der Waals surface area contributed by atoms with Gasteiger partial charge >= 0.3 is 0 Å². The third-order valence-corrected chi connectivity index (χ3v) is 4.86. The molecule has 3 rings (SSSR count). The van der Waals surface area contributed by atoms with Crippen molar-refractivity contribution in [1.82, 2.24) is 15.1 Å². The number of benzene rings is 2. The lowest BCUT2D eigenvalue weighted by Gasteiger charge is -2.18. The summed E-state index contributed by atoms with van der Waals surface area (Å²) >= 11 is 0. The van der Waals surface area contributed by atoms with Crippen molar-refractivity contribution in [3.8, 4) is 16.9 Å². The van der Waals surface area contributed by atoms with Gasteiger partial charge in [-0.3, -0.25) is 9.89 Å². The number of nitrogens with zero attached hydrogens (tertiary/aromatic N) is 2. The predicted molar refractivity (Wildman–Crippen MR) is 119 cm³/mol. The van der Waals surface area contributed by atoms with E-state index in [1.54, 1.807) is 12.3 Å². The minimum absolute atomic E-state index is 0.253. The maximum absolute atomic E-state index is 14.8. The first-order chi connectivity index (χ1) is 14.9. The van der Waals surface area contributed by atoms with E-state index < -0.39 is 11.9 Å². The van der Waals surface area contributed by atoms with Crippen LogP contribution in [0.1, 0.15) is 12.0 Å². The van der Waals surface area contributed by atoms with Gasteiger partial charge in [-0.05, 0) is 38.6 Å². The molecular weight excluding hydrogens is 397 g/mol. The maximum Gasteiger partial charge on any atom is 0.241 e. The zero-order valence-electron chi connectivity index (χ0n) is 17.8. The molecule has 2 aromatic carbocycles. The molecule has 0 bridgehead atoms. The zero-order valence-corrected chi connectivity index (χ0v) is 17.8. The summed E-state index contributed by atoms with van der Waals surface area (Å²) in [6.45, 7) is 1.05. The van der Waals surface area contributed by atoms with Gasteiger partial charge in [-0.15, -0.1) is 0 Å². The predicted octanol–water partition coefficient (Wildman–Crippen LogP) is 3.05. The number of aryl methyl sites for hydroxylation is 1. The second-order valence-electron chi connectivity index (χ2n) is 7.59. The van der Waals surface area contributed by atoms with Crippen LogP contribution in [0.3, 0.4) is 0 Å². The summed E-state index contributed by atoms with van der Waals surface area (Å²) in [7, 11) is 3.86. The second kappa shape index (κ2) is 10.7. The molecule has 8 heteroatoms. The van der Waals surface area contributed by atoms with Crippen LogP contribution in [0.5, 0.6) is 5.75 Å². The molecule has 0 aliphatic carbocycles. The monoisotopic (exact) mass is 425 g/mol. The fourth-order valence-electron chi connectivity index (χ4n) is 3.05. The van der Waals surface area contributed by atoms with Gasteiger partial charge in [-0.2, -0.15) is 5.10 Å². The van der Waals surface area contributed by atoms with E-state index in [1.807, 2.05) is 49.3 Å². The molecule has 0 fully saturated rings. The number of anilines is 1. The van der Waals surface area contributed by atoms with Crippen molar-refractivity contribution in [2.75, 3.05) is 32.6 Å². The number of ether oxygens (including phenoxy) is 1. The summed E-state index contributed by atoms with van der Waals surface area (Å²) in [5.41, 5.74) is 8.36. The Hall–Kier alpha value is -3.23. The number of rotatable bonds is 10. The van der Waals surface area contributed by atoms with Crippen LogP contribution in [0.2, 0.25) is 0 Å². The Labute approximate surface area is 181 Å². The highest BCUT2D eigenvalue weighted by Gasteiger charge is 2.19. The lowest BCUT2D eigenvalue weighted by Crippen LogP contribution is -2.36. The van der Waals surface area contributed by atoms with Gasteiger partial charge in [0.05, 0.1) is 17.9 Å². The molecule has 0 aliphatic heterocycles. The molecule has 1 atom stereocenters. The topological polar surface area (TPSA) is 96.3 Å². The number of halogens is 1. The maximum atomic E-state index is 14.8. The summed E-state index contributed by atoms with van der Waals surface area (Å²) in [4.78, 5) is 14.6. The van der Waals surface area contributed by atoms with Crippen LogP contribution in [0, 0.1) is 5.82 Å². The van der Waals surface area contributed by atoms with Crippen LogP contribution in [-0.4, -0.2) is 54.3 Å². The van der Waals surface area contributed by atoms with Crippen LogP contribution in [-0.2, 0) is 11.2 Å². The highest BCUT2D eigenvalue weighted by atomic mass is 19.1. The summed E-state index contributed by atoms with van der Waals surface area (Å²) in [6.07, 6.45) is 4.27. The number of hydrogen-bond donors (Lipinski definition) is 3. The molecule has 164 valence electrons. The van der Waals surface area contributed by atoms with Crippen molar-refractivity contribution in [3.05, 3.63) is 66.2 Å². The van der Waals surface area contributed by atoms with Gasteiger partial charge in [-0.25, -0.2) is 4.39 Å². The fourth-order valence-corrected chi connectivity index (χ4v) is 3.05. The Balaban J connectivity index is 1.74. The van der Waals surface area contributed by atoms with Gasteiger partial charge in [0.15, 0.2) is 0 Å². The first-order valence-electron chi connectivity index (χ1n) is 10.1. The quantitative estimate of drug-likeness (QED) is 0.464. The Morgan fingerprint density at radius 2 is 2.06 bits per heavy atom. The van der Waals surface area contributed by atoms with Crippen molar-refractivity contribution in [2.45, 2.75) is 18.9 Å². The summed E-state index contributed by atoms with van der Waals surface area (Å²) in [5.74, 6) is -0.499. The number of aromatic nitrogens is 2. The molecular formula is C23H28FN5O2. The summed E-state index contributed by atoms with van der Waals surface area (Å²) < 4.78 is 20.6. The highest BCUT2D eigenvalue weighted by molar-refractivity contribution is 5.96. The summed E-state index contributed by atoms with van der Waals surface area (Å²) in [5, 5.41) is 9.27. The smallest absolute Gasteiger partial charge is 0.241 e. The minimum atomic E-state index is -0.730. The van der Waals surface area contributed by atoms with E-state index in [0.29, 0.717) is 42.9 Å². The zero-order chi connectivity index (χ0) is 22.2. The molecule has 0 saturated carbocycles. The van der Waals surface area contributed by atoms with Crippen molar-refractivity contribution in [1.29, 1.82) is 0 Å². The molecule has 4 N–H and O–H groups in total. The van der Waals surface area contributed by atoms with Crippen molar-refractivity contribution < 1.29 is 13.9 Å². The molecule has 7 nitrogen and oxygen atoms in total. The molecule has 1 unspecified atom stereocenters. The first kappa shape index (κ1) is 22.5. The van der Waals surface area contributed by atoms with E-state index in [2.05, 4.69) is 15.5 Å². The van der Waals surface area contributed by atoms with E-state index in [0.717, 1.165) is 5.56 Å². The van der Waals surface area contributed by atoms with Gasteiger partial charge in [0.1, 0.15) is 18.2 Å². The molecule has 31 heavy (non-hydrogen) atoms. The van der Waals surface area contributed by atoms with E-state index >= 15 is 0 Å². The van der Waals surface area contributed by atoms with Crippen LogP contribution in [0.25, 0.3) is 11.1 Å². The average molecular weight is 426 g/mol. The minimum Gasteiger partial charge on any atom is -0.490 e. The molecule has 0 aliphatic rings. The van der Waals surface area contributed by atoms with Gasteiger partial charge in [0, 0.05) is 29.9 Å². The standard InChI is InChI=1S/C23H28FN5O2/c1-29(2)10-11-31-22-12-18(17-14-26-27-15-17)19(24)13-21(22)28-23(30)20(25)9-8-16-6-4-3-5-7-16/h3-7,12-15,20H,8-11,25H2,1-2H3,(H,26,27)(H,28,30). The normalized spacial score (nSPS) is 12.0. The third kappa shape index (κ3) is 6.37. The van der Waals surface area contributed by atoms with Gasteiger partial charge in [-0.1, -0.05) is 30.3 Å². The van der Waals surface area contributed by atoms with Crippen molar-refractivity contribution in [2.24, 2.45) is 5.73 Å². The molecule has 3 aromatic rings. The first-order valence-corrected chi connectivity index (χ1v) is 10.1. The van der Waals surface area contributed by atoms with Crippen LogP contribution >= 0.6 is 0 Å². The molecule has 0 saturated heterocycles. The van der Waals surface area contributed by atoms with Crippen LogP contribution in [0.15, 0.2) is 54.9 Å². The number of H-pyrrole nitrogens is 1. The molecule has 1 heterocycles. The fraction of sp³-hybridized carbons (Fsp3) is 0.304. The number of amides is 1. The number of carbonyl (C=O) groups excluding carboxylic acids is 1. The molecule has 0 spiro atoms. The number of aromatic amines is 1. The van der Waals surface area contributed by atoms with Gasteiger partial charge < -0.3 is 20.7 Å². The molecule has 1 amide bonds. The van der Waals surface area contributed by atoms with Gasteiger partial charge in [0.2, 0.25) is 5.91 Å². The third-order valence-electron chi connectivity index (χ3n) is 4.86. The lowest BCUT2D eigenvalue weighted by atomic mass is 10.0. The van der Waals surface area contributed by atoms with Gasteiger partial charge in [0.25, 0.3) is 0 Å². The van der Waals surface area contributed by atoms with E-state index in [9.17, 15) is 9.18 Å². The SMILES string of the molecule is CN(C)CCOc1cc(-c2cn[nH]c2)c(F)cc1NC(=O)C(N)CCc1ccccc1. The average Bonchev–Trinajstić information content (AvgIpc) is 3.28. The van der Waals surface area contributed by atoms with Crippen LogP contribution < -0.4 is 15.8 Å². The Morgan fingerprint density at radius 3 is 2.74 bits per heavy atom. The number of likely N-dealkylation sites (N-methyl/N-ethyl adjacent to an activating group) is 1. The van der Waals surface area contributed by atoms with Crippen molar-refractivity contribution in [3.63, 3.8) is 0 Å². The number of nitrogens with one attached hydrogen (secondary N) is 2. The van der Waals surface area contributed by atoms with E-state index in [1.165, 1.54) is 12.3 Å². The van der Waals surface area contributed by atoms with E-state index in [-0.39, 0.29) is 11.6 Å². The molecule has 0 radical (unpaired) electrons. The van der Waals surface area contributed by atoms with Crippen LogP contribution in [0.4, 0.5) is 10.1 Å². The Morgan fingerprint density at radius 1 is 1.29 bits per heavy atom. The number of nitrogens with two attached hydrogens (primary N) is 1. The van der Waals surface area contributed by atoms with E-state index in [4.69, 9.17) is 10.5 Å². The largest absolute Gasteiger partial charge is 0.490 e. The second-order valence-corrected chi connectivity index (χ2v) is 7.59. The number of hydrogen-bond acceptors (Lipinski definition) is 5. The summed E-state index contributed by atoms with van der Waals surface area (Å²) in [6, 6.07) is 11.9. The number of carbonyl (C=O) groups is 1. The Kier molecular flexibility index (Phi) is 7.75. The highest BCUT2D eigenvalue weighted by Crippen LogP contribution is 2.33. The lowest BCUT2D eigenvalue weighted by molar-refractivity contribution is -0.117. The van der Waals surface area contributed by atoms with Crippen molar-refractivity contribution >= 4 is 11.6 Å². The Bertz CT molecular complexity index is 977.